The Morgan fingerprint density at radius 2 is 0.673 bits per heavy atom. The Labute approximate surface area is 324 Å². The van der Waals surface area contributed by atoms with Crippen molar-refractivity contribution in [2.45, 2.75) is 0 Å². The van der Waals surface area contributed by atoms with E-state index in [1.807, 2.05) is 0 Å². The lowest BCUT2D eigenvalue weighted by Crippen LogP contribution is -1.94. The highest BCUT2D eigenvalue weighted by Crippen LogP contribution is 2.40. The van der Waals surface area contributed by atoms with Crippen molar-refractivity contribution >= 4 is 31.6 Å². The van der Waals surface area contributed by atoms with Crippen LogP contribution in [0.2, 0.25) is 0 Å². The van der Waals surface area contributed by atoms with Crippen molar-refractivity contribution in [3.63, 3.8) is 0 Å². The van der Waals surface area contributed by atoms with Crippen LogP contribution in [0, 0.1) is 0 Å². The van der Waals surface area contributed by atoms with E-state index in [4.69, 9.17) is 9.97 Å². The van der Waals surface area contributed by atoms with Crippen LogP contribution < -0.4 is 0 Å². The summed E-state index contributed by atoms with van der Waals surface area (Å²) in [5, 5.41) is 2.29. The van der Waals surface area contributed by atoms with Crippen molar-refractivity contribution < 1.29 is 0 Å². The Morgan fingerprint density at radius 1 is 0.291 bits per heavy atom. The molecule has 2 heterocycles. The van der Waals surface area contributed by atoms with E-state index in [1.165, 1.54) is 54.6 Å². The molecule has 0 aliphatic rings. The third kappa shape index (κ3) is 6.41. The van der Waals surface area contributed by atoms with Gasteiger partial charge in [-0.1, -0.05) is 182 Å². The normalized spacial score (nSPS) is 11.3. The Balaban J connectivity index is 1.01. The van der Waals surface area contributed by atoms with Crippen LogP contribution in [0.25, 0.3) is 98.6 Å². The molecule has 0 N–H and O–H groups in total. The molecule has 0 unspecified atom stereocenters. The van der Waals surface area contributed by atoms with Crippen molar-refractivity contribution in [1.82, 2.24) is 9.97 Å². The molecule has 0 aliphatic heterocycles. The summed E-state index contributed by atoms with van der Waals surface area (Å²) in [5.41, 5.74) is 14.9. The molecule has 55 heavy (non-hydrogen) atoms. The van der Waals surface area contributed by atoms with Crippen LogP contribution in [0.15, 0.2) is 206 Å². The quantitative estimate of drug-likeness (QED) is 0.164. The van der Waals surface area contributed by atoms with Crippen LogP contribution in [-0.2, 0) is 0 Å². The molecule has 8 aromatic carbocycles. The van der Waals surface area contributed by atoms with Crippen LogP contribution in [-0.4, -0.2) is 9.97 Å². The molecule has 0 bridgehead atoms. The number of hydrogen-bond donors (Lipinski definition) is 0. The van der Waals surface area contributed by atoms with Crippen molar-refractivity contribution in [1.29, 1.82) is 0 Å². The average Bonchev–Trinajstić information content (AvgIpc) is 3.66. The molecular weight excluding hydrogens is 685 g/mol. The number of rotatable bonds is 7. The van der Waals surface area contributed by atoms with E-state index in [1.54, 1.807) is 11.3 Å². The molecule has 0 fully saturated rings. The fourth-order valence-corrected chi connectivity index (χ4v) is 8.57. The molecule has 0 spiro atoms. The first-order chi connectivity index (χ1) is 27.2. The lowest BCUT2D eigenvalue weighted by atomic mass is 9.95. The predicted molar refractivity (Wildman–Crippen MR) is 233 cm³/mol. The van der Waals surface area contributed by atoms with Crippen LogP contribution in [0.5, 0.6) is 0 Å². The molecule has 2 aromatic heterocycles. The fraction of sp³-hybridized carbons (Fsp3) is 0. The smallest absolute Gasteiger partial charge is 0.161 e. The second-order valence-corrected chi connectivity index (χ2v) is 14.8. The standard InChI is InChI=1S/C52H34N2S/c1-3-12-35(13-4-1)37-24-26-38(27-25-37)39-28-30-40(31-29-39)50-49-47-22-7-8-23-48(47)55-52(49)54-51(53-50)46-21-11-20-45(34-46)44-19-10-18-43(33-44)42-17-9-16-41(32-42)36-14-5-2-6-15-36/h1-34H. The summed E-state index contributed by atoms with van der Waals surface area (Å²) in [6.07, 6.45) is 0. The number of thiophene rings is 1. The van der Waals surface area contributed by atoms with Gasteiger partial charge in [-0.15, -0.1) is 11.3 Å². The van der Waals surface area contributed by atoms with Crippen molar-refractivity contribution in [3.05, 3.63) is 206 Å². The molecular formula is C52H34N2S. The minimum Gasteiger partial charge on any atom is -0.227 e. The van der Waals surface area contributed by atoms with Gasteiger partial charge in [-0.3, -0.25) is 0 Å². The molecule has 0 atom stereocenters. The van der Waals surface area contributed by atoms with Crippen molar-refractivity contribution in [2.24, 2.45) is 0 Å². The largest absolute Gasteiger partial charge is 0.227 e. The van der Waals surface area contributed by atoms with Gasteiger partial charge in [0.2, 0.25) is 0 Å². The number of fused-ring (bicyclic) bond motifs is 3. The summed E-state index contributed by atoms with van der Waals surface area (Å²) >= 11 is 1.73. The zero-order chi connectivity index (χ0) is 36.6. The fourth-order valence-electron chi connectivity index (χ4n) is 7.49. The minimum atomic E-state index is 0.725. The van der Waals surface area contributed by atoms with Gasteiger partial charge in [-0.05, 0) is 79.9 Å². The van der Waals surface area contributed by atoms with Crippen molar-refractivity contribution in [2.75, 3.05) is 0 Å². The molecule has 2 nitrogen and oxygen atoms in total. The first-order valence-electron chi connectivity index (χ1n) is 18.6. The summed E-state index contributed by atoms with van der Waals surface area (Å²) in [7, 11) is 0. The van der Waals surface area contributed by atoms with Gasteiger partial charge in [0.15, 0.2) is 5.82 Å². The maximum Gasteiger partial charge on any atom is 0.161 e. The van der Waals surface area contributed by atoms with E-state index in [0.29, 0.717) is 0 Å². The molecule has 258 valence electrons. The Kier molecular flexibility index (Phi) is 8.40. The summed E-state index contributed by atoms with van der Waals surface area (Å²) in [6.45, 7) is 0. The molecule has 10 rings (SSSR count). The number of aromatic nitrogens is 2. The van der Waals surface area contributed by atoms with Crippen LogP contribution in [0.4, 0.5) is 0 Å². The van der Waals surface area contributed by atoms with Gasteiger partial charge >= 0.3 is 0 Å². The maximum absolute atomic E-state index is 5.35. The SMILES string of the molecule is c1ccc(-c2ccc(-c3ccc(-c4nc(-c5cccc(-c6cccc(-c7cccc(-c8ccccc8)c7)c6)c5)nc5sc6ccccc6c45)cc3)cc2)cc1. The Hall–Kier alpha value is -6.94. The Morgan fingerprint density at radius 3 is 1.22 bits per heavy atom. The lowest BCUT2D eigenvalue weighted by molar-refractivity contribution is 1.24. The first-order valence-corrected chi connectivity index (χ1v) is 19.4. The zero-order valence-corrected chi connectivity index (χ0v) is 30.7. The van der Waals surface area contributed by atoms with Gasteiger partial charge in [0.05, 0.1) is 5.69 Å². The molecule has 10 aromatic rings. The number of benzene rings is 8. The summed E-state index contributed by atoms with van der Waals surface area (Å²) in [4.78, 5) is 11.6. The third-order valence-corrected chi connectivity index (χ3v) is 11.4. The van der Waals surface area contributed by atoms with E-state index in [9.17, 15) is 0 Å². The summed E-state index contributed by atoms with van der Waals surface area (Å²) < 4.78 is 1.21. The molecule has 0 aliphatic carbocycles. The van der Waals surface area contributed by atoms with Crippen LogP contribution in [0.3, 0.4) is 0 Å². The van der Waals surface area contributed by atoms with E-state index in [0.717, 1.165) is 44.0 Å². The van der Waals surface area contributed by atoms with Gasteiger partial charge in [-0.25, -0.2) is 9.97 Å². The maximum atomic E-state index is 5.35. The highest BCUT2D eigenvalue weighted by Gasteiger charge is 2.17. The third-order valence-electron chi connectivity index (χ3n) is 10.3. The molecule has 0 saturated heterocycles. The topological polar surface area (TPSA) is 25.8 Å². The molecule has 0 amide bonds. The van der Waals surface area contributed by atoms with Gasteiger partial charge in [0.25, 0.3) is 0 Å². The second kappa shape index (κ2) is 14.1. The van der Waals surface area contributed by atoms with Gasteiger partial charge in [0, 0.05) is 26.6 Å². The minimum absolute atomic E-state index is 0.725. The second-order valence-electron chi connectivity index (χ2n) is 13.8. The molecule has 0 saturated carbocycles. The monoisotopic (exact) mass is 718 g/mol. The average molecular weight is 719 g/mol. The number of hydrogen-bond acceptors (Lipinski definition) is 3. The van der Waals surface area contributed by atoms with E-state index in [-0.39, 0.29) is 0 Å². The zero-order valence-electron chi connectivity index (χ0n) is 29.9. The van der Waals surface area contributed by atoms with Gasteiger partial charge in [0.1, 0.15) is 4.83 Å². The Bertz CT molecular complexity index is 2950. The first kappa shape index (κ1) is 32.7. The van der Waals surface area contributed by atoms with E-state index >= 15 is 0 Å². The summed E-state index contributed by atoms with van der Waals surface area (Å²) in [6, 6.07) is 73.4. The van der Waals surface area contributed by atoms with Crippen LogP contribution in [0.1, 0.15) is 0 Å². The van der Waals surface area contributed by atoms with Gasteiger partial charge in [-0.2, -0.15) is 0 Å². The van der Waals surface area contributed by atoms with Crippen LogP contribution >= 0.6 is 11.3 Å². The van der Waals surface area contributed by atoms with Crippen molar-refractivity contribution in [3.8, 4) is 78.3 Å². The summed E-state index contributed by atoms with van der Waals surface area (Å²) in [5.74, 6) is 0.725. The predicted octanol–water partition coefficient (Wildman–Crippen LogP) is 14.5. The lowest BCUT2D eigenvalue weighted by Gasteiger charge is -2.11. The molecule has 3 heteroatoms. The highest BCUT2D eigenvalue weighted by atomic mass is 32.1. The van der Waals surface area contributed by atoms with E-state index < -0.39 is 0 Å². The number of nitrogens with zero attached hydrogens (tertiary/aromatic N) is 2. The van der Waals surface area contributed by atoms with Gasteiger partial charge < -0.3 is 0 Å². The van der Waals surface area contributed by atoms with E-state index in [2.05, 4.69) is 206 Å². The molecule has 0 radical (unpaired) electrons. The highest BCUT2D eigenvalue weighted by molar-refractivity contribution is 7.25.